The molecule has 1 heterocycles. The van der Waals surface area contributed by atoms with Crippen molar-refractivity contribution in [1.82, 2.24) is 9.78 Å². The van der Waals surface area contributed by atoms with Crippen LogP contribution >= 0.6 is 0 Å². The molecule has 0 unspecified atom stereocenters. The Labute approximate surface area is 107 Å². The molecular formula is C14H19N3O. The molecule has 0 atom stereocenters. The minimum atomic E-state index is 0.538. The maximum absolute atomic E-state index is 5.75. The Morgan fingerprint density at radius 3 is 2.61 bits per heavy atom. The second-order valence-electron chi connectivity index (χ2n) is 4.23. The van der Waals surface area contributed by atoms with Crippen LogP contribution in [0.5, 0.6) is 5.75 Å². The molecule has 1 aromatic carbocycles. The van der Waals surface area contributed by atoms with Crippen molar-refractivity contribution in [3.63, 3.8) is 0 Å². The summed E-state index contributed by atoms with van der Waals surface area (Å²) in [6.07, 6.45) is 0. The van der Waals surface area contributed by atoms with Gasteiger partial charge >= 0.3 is 0 Å². The first-order chi connectivity index (χ1) is 8.72. The lowest BCUT2D eigenvalue weighted by atomic mass is 10.2. The second kappa shape index (κ2) is 5.69. The van der Waals surface area contributed by atoms with Crippen molar-refractivity contribution < 1.29 is 4.74 Å². The Hall–Kier alpha value is -1.81. The zero-order valence-corrected chi connectivity index (χ0v) is 10.9. The highest BCUT2D eigenvalue weighted by Crippen LogP contribution is 2.14. The van der Waals surface area contributed by atoms with Crippen LogP contribution < -0.4 is 10.5 Å². The first-order valence-electron chi connectivity index (χ1n) is 6.18. The van der Waals surface area contributed by atoms with E-state index in [0.29, 0.717) is 13.2 Å². The molecule has 0 saturated carbocycles. The van der Waals surface area contributed by atoms with Gasteiger partial charge in [-0.25, -0.2) is 0 Å². The first kappa shape index (κ1) is 12.6. The fourth-order valence-corrected chi connectivity index (χ4v) is 1.87. The fraction of sp³-hybridized carbons (Fsp3) is 0.357. The maximum atomic E-state index is 5.75. The van der Waals surface area contributed by atoms with E-state index in [2.05, 4.69) is 18.1 Å². The van der Waals surface area contributed by atoms with Crippen LogP contribution in [0.3, 0.4) is 0 Å². The third-order valence-electron chi connectivity index (χ3n) is 2.83. The summed E-state index contributed by atoms with van der Waals surface area (Å²) in [4.78, 5) is 0. The largest absolute Gasteiger partial charge is 0.487 e. The lowest BCUT2D eigenvalue weighted by Gasteiger charge is -2.08. The molecule has 0 aliphatic carbocycles. The van der Waals surface area contributed by atoms with Crippen molar-refractivity contribution in [3.05, 3.63) is 47.3 Å². The summed E-state index contributed by atoms with van der Waals surface area (Å²) in [6, 6.07) is 9.91. The molecule has 2 aromatic rings. The summed E-state index contributed by atoms with van der Waals surface area (Å²) in [5, 5.41) is 4.39. The quantitative estimate of drug-likeness (QED) is 0.879. The monoisotopic (exact) mass is 245 g/mol. The minimum Gasteiger partial charge on any atom is -0.487 e. The molecule has 96 valence electrons. The van der Waals surface area contributed by atoms with E-state index in [1.165, 1.54) is 0 Å². The van der Waals surface area contributed by atoms with Gasteiger partial charge in [0, 0.05) is 13.1 Å². The Morgan fingerprint density at radius 1 is 1.28 bits per heavy atom. The van der Waals surface area contributed by atoms with Gasteiger partial charge in [-0.1, -0.05) is 12.1 Å². The highest BCUT2D eigenvalue weighted by Gasteiger charge is 2.04. The summed E-state index contributed by atoms with van der Waals surface area (Å²) in [5.41, 5.74) is 8.78. The number of hydrogen-bond donors (Lipinski definition) is 1. The first-order valence-corrected chi connectivity index (χ1v) is 6.18. The van der Waals surface area contributed by atoms with Gasteiger partial charge in [0.05, 0.1) is 11.4 Å². The third kappa shape index (κ3) is 2.90. The van der Waals surface area contributed by atoms with E-state index >= 15 is 0 Å². The number of aryl methyl sites for hydroxylation is 2. The average molecular weight is 245 g/mol. The Bertz CT molecular complexity index is 502. The molecule has 18 heavy (non-hydrogen) atoms. The van der Waals surface area contributed by atoms with Gasteiger partial charge in [-0.2, -0.15) is 5.10 Å². The maximum Gasteiger partial charge on any atom is 0.130 e. The van der Waals surface area contributed by atoms with Crippen molar-refractivity contribution in [3.8, 4) is 5.75 Å². The number of rotatable bonds is 5. The number of ether oxygens (including phenoxy) is 1. The highest BCUT2D eigenvalue weighted by atomic mass is 16.5. The molecule has 0 aliphatic rings. The van der Waals surface area contributed by atoms with Gasteiger partial charge < -0.3 is 10.5 Å². The topological polar surface area (TPSA) is 53.1 Å². The summed E-state index contributed by atoms with van der Waals surface area (Å²) in [5.74, 6) is 0.855. The molecule has 0 radical (unpaired) electrons. The van der Waals surface area contributed by atoms with Crippen molar-refractivity contribution >= 4 is 0 Å². The van der Waals surface area contributed by atoms with Gasteiger partial charge in [0.1, 0.15) is 12.4 Å². The molecule has 4 nitrogen and oxygen atoms in total. The average Bonchev–Trinajstić information content (AvgIpc) is 2.77. The number of benzene rings is 1. The van der Waals surface area contributed by atoms with E-state index in [1.807, 2.05) is 35.9 Å². The summed E-state index contributed by atoms with van der Waals surface area (Å²) in [7, 11) is 0. The molecule has 0 aliphatic heterocycles. The number of nitrogens with two attached hydrogens (primary N) is 1. The fourth-order valence-electron chi connectivity index (χ4n) is 1.87. The lowest BCUT2D eigenvalue weighted by molar-refractivity contribution is 0.292. The Kier molecular flexibility index (Phi) is 3.99. The van der Waals surface area contributed by atoms with Crippen LogP contribution in [0.2, 0.25) is 0 Å². The van der Waals surface area contributed by atoms with Crippen LogP contribution in [0.4, 0.5) is 0 Å². The molecule has 0 fully saturated rings. The van der Waals surface area contributed by atoms with E-state index in [-0.39, 0.29) is 0 Å². The second-order valence-corrected chi connectivity index (χ2v) is 4.23. The van der Waals surface area contributed by atoms with E-state index in [9.17, 15) is 0 Å². The van der Waals surface area contributed by atoms with Gasteiger partial charge in [0.2, 0.25) is 0 Å². The number of hydrogen-bond acceptors (Lipinski definition) is 3. The van der Waals surface area contributed by atoms with Crippen LogP contribution in [0.1, 0.15) is 23.9 Å². The van der Waals surface area contributed by atoms with Gasteiger partial charge in [-0.15, -0.1) is 0 Å². The SMILES string of the molecule is CCn1nc(C)cc1COc1ccc(CN)cc1. The van der Waals surface area contributed by atoms with Gasteiger partial charge in [-0.3, -0.25) is 4.68 Å². The molecule has 2 N–H and O–H groups in total. The standard InChI is InChI=1S/C14H19N3O/c1-3-17-13(8-11(2)16-17)10-18-14-6-4-12(9-15)5-7-14/h4-8H,3,9-10,15H2,1-2H3. The van der Waals surface area contributed by atoms with E-state index in [0.717, 1.165) is 29.2 Å². The Balaban J connectivity index is 2.01. The summed E-state index contributed by atoms with van der Waals surface area (Å²) < 4.78 is 7.71. The normalized spacial score (nSPS) is 10.6. The van der Waals surface area contributed by atoms with E-state index in [4.69, 9.17) is 10.5 Å². The van der Waals surface area contributed by atoms with E-state index in [1.54, 1.807) is 0 Å². The summed E-state index contributed by atoms with van der Waals surface area (Å²) in [6.45, 7) is 6.02. The molecule has 2 rings (SSSR count). The molecule has 0 saturated heterocycles. The predicted molar refractivity (Wildman–Crippen MR) is 71.3 cm³/mol. The number of nitrogens with zero attached hydrogens (tertiary/aromatic N) is 2. The summed E-state index contributed by atoms with van der Waals surface area (Å²) >= 11 is 0. The molecule has 1 aromatic heterocycles. The number of aromatic nitrogens is 2. The molecule has 0 amide bonds. The minimum absolute atomic E-state index is 0.538. The van der Waals surface area contributed by atoms with Gasteiger partial charge in [0.25, 0.3) is 0 Å². The van der Waals surface area contributed by atoms with Crippen molar-refractivity contribution in [2.45, 2.75) is 33.5 Å². The van der Waals surface area contributed by atoms with Crippen LogP contribution in [0.25, 0.3) is 0 Å². The van der Waals surface area contributed by atoms with Crippen molar-refractivity contribution in [2.24, 2.45) is 5.73 Å². The van der Waals surface area contributed by atoms with Crippen LogP contribution in [-0.2, 0) is 19.7 Å². The Morgan fingerprint density at radius 2 is 2.00 bits per heavy atom. The van der Waals surface area contributed by atoms with Gasteiger partial charge in [0.15, 0.2) is 0 Å². The van der Waals surface area contributed by atoms with Crippen LogP contribution in [0.15, 0.2) is 30.3 Å². The molecular weight excluding hydrogens is 226 g/mol. The predicted octanol–water partition coefficient (Wildman–Crippen LogP) is 2.25. The zero-order chi connectivity index (χ0) is 13.0. The van der Waals surface area contributed by atoms with Crippen LogP contribution in [0, 0.1) is 6.92 Å². The van der Waals surface area contributed by atoms with Crippen LogP contribution in [-0.4, -0.2) is 9.78 Å². The van der Waals surface area contributed by atoms with Crippen molar-refractivity contribution in [1.29, 1.82) is 0 Å². The zero-order valence-electron chi connectivity index (χ0n) is 10.9. The lowest BCUT2D eigenvalue weighted by Crippen LogP contribution is -2.06. The van der Waals surface area contributed by atoms with E-state index < -0.39 is 0 Å². The smallest absolute Gasteiger partial charge is 0.130 e. The molecule has 4 heteroatoms. The molecule has 0 bridgehead atoms. The van der Waals surface area contributed by atoms with Crippen molar-refractivity contribution in [2.75, 3.05) is 0 Å². The molecule has 0 spiro atoms. The third-order valence-corrected chi connectivity index (χ3v) is 2.83. The highest BCUT2D eigenvalue weighted by molar-refractivity contribution is 5.27. The van der Waals surface area contributed by atoms with Gasteiger partial charge in [-0.05, 0) is 37.6 Å².